The van der Waals surface area contributed by atoms with E-state index < -0.39 is 0 Å². The molecule has 0 atom stereocenters. The molecule has 0 aliphatic heterocycles. The number of rotatable bonds is 4. The number of aryl methyl sites for hydroxylation is 1. The Morgan fingerprint density at radius 2 is 2.41 bits per heavy atom. The zero-order valence-corrected chi connectivity index (χ0v) is 11.6. The Labute approximate surface area is 124 Å². The molecule has 2 aromatic heterocycles. The van der Waals surface area contributed by atoms with Gasteiger partial charge in [0.15, 0.2) is 0 Å². The van der Waals surface area contributed by atoms with E-state index in [0.717, 1.165) is 16.7 Å². The number of imidazole rings is 1. The third-order valence-electron chi connectivity index (χ3n) is 3.20. The number of aromatic amines is 1. The molecule has 0 saturated carbocycles. The van der Waals surface area contributed by atoms with Gasteiger partial charge in [0.2, 0.25) is 5.82 Å². The van der Waals surface area contributed by atoms with E-state index in [1.54, 1.807) is 0 Å². The van der Waals surface area contributed by atoms with Crippen LogP contribution >= 0.6 is 0 Å². The molecule has 9 heteroatoms. The third kappa shape index (κ3) is 2.38. The largest absolute Gasteiger partial charge is 0.388 e. The van der Waals surface area contributed by atoms with Gasteiger partial charge in [-0.2, -0.15) is 10.5 Å². The van der Waals surface area contributed by atoms with Gasteiger partial charge in [-0.15, -0.1) is 10.2 Å². The number of nitriles is 1. The number of aliphatic hydroxyl groups is 1. The van der Waals surface area contributed by atoms with E-state index in [1.165, 1.54) is 6.20 Å². The molecule has 3 rings (SSSR count). The second-order valence-corrected chi connectivity index (χ2v) is 4.50. The summed E-state index contributed by atoms with van der Waals surface area (Å²) < 4.78 is 1.83. The van der Waals surface area contributed by atoms with Gasteiger partial charge in [-0.05, 0) is 23.4 Å². The Balaban J connectivity index is 1.90. The molecular formula is C13H12N8O. The molecule has 3 aromatic rings. The van der Waals surface area contributed by atoms with E-state index >= 15 is 0 Å². The van der Waals surface area contributed by atoms with Crippen LogP contribution in [0, 0.1) is 11.3 Å². The number of fused-ring (bicyclic) bond motifs is 1. The highest BCUT2D eigenvalue weighted by molar-refractivity contribution is 5.81. The van der Waals surface area contributed by atoms with Crippen molar-refractivity contribution in [3.05, 3.63) is 36.0 Å². The number of aliphatic hydroxyl groups excluding tert-OH is 1. The highest BCUT2D eigenvalue weighted by Gasteiger charge is 2.08. The van der Waals surface area contributed by atoms with Crippen molar-refractivity contribution in [3.63, 3.8) is 0 Å². The van der Waals surface area contributed by atoms with Crippen molar-refractivity contribution in [2.75, 3.05) is 5.32 Å². The Bertz CT molecular complexity index is 871. The molecule has 0 aliphatic carbocycles. The highest BCUT2D eigenvalue weighted by Crippen LogP contribution is 2.20. The first-order valence-corrected chi connectivity index (χ1v) is 6.39. The Morgan fingerprint density at radius 1 is 1.55 bits per heavy atom. The molecule has 2 heterocycles. The predicted molar refractivity (Wildman–Crippen MR) is 78.0 cm³/mol. The maximum Gasteiger partial charge on any atom is 0.216 e. The second-order valence-electron chi connectivity index (χ2n) is 4.50. The van der Waals surface area contributed by atoms with Crippen molar-refractivity contribution < 1.29 is 5.11 Å². The first-order valence-electron chi connectivity index (χ1n) is 6.39. The van der Waals surface area contributed by atoms with Crippen LogP contribution < -0.4 is 5.32 Å². The van der Waals surface area contributed by atoms with Crippen molar-refractivity contribution in [2.45, 2.75) is 6.61 Å². The normalized spacial score (nSPS) is 11.6. The number of anilines is 1. The molecule has 0 bridgehead atoms. The first kappa shape index (κ1) is 13.7. The highest BCUT2D eigenvalue weighted by atomic mass is 16.3. The van der Waals surface area contributed by atoms with Gasteiger partial charge in [0.25, 0.3) is 0 Å². The Kier molecular flexibility index (Phi) is 3.51. The Hall–Kier alpha value is -3.25. The fourth-order valence-electron chi connectivity index (χ4n) is 2.06. The molecule has 3 N–H and O–H groups in total. The van der Waals surface area contributed by atoms with Crippen molar-refractivity contribution in [1.82, 2.24) is 30.2 Å². The van der Waals surface area contributed by atoms with Crippen LogP contribution in [0.15, 0.2) is 24.4 Å². The molecule has 1 aromatic carbocycles. The summed E-state index contributed by atoms with van der Waals surface area (Å²) in [5.41, 5.74) is 2.68. The summed E-state index contributed by atoms with van der Waals surface area (Å²) in [5, 5.41) is 34.6. The monoisotopic (exact) mass is 296 g/mol. The molecule has 0 saturated heterocycles. The van der Waals surface area contributed by atoms with E-state index in [4.69, 9.17) is 5.26 Å². The van der Waals surface area contributed by atoms with E-state index in [-0.39, 0.29) is 18.0 Å². The van der Waals surface area contributed by atoms with Crippen LogP contribution in [0.5, 0.6) is 0 Å². The molecule has 0 unspecified atom stereocenters. The lowest BCUT2D eigenvalue weighted by molar-refractivity contribution is 0.268. The fourth-order valence-corrected chi connectivity index (χ4v) is 2.06. The van der Waals surface area contributed by atoms with Crippen molar-refractivity contribution in [3.8, 4) is 6.07 Å². The molecule has 9 nitrogen and oxygen atoms in total. The maximum atomic E-state index is 9.24. The molecule has 22 heavy (non-hydrogen) atoms. The minimum absolute atomic E-state index is 0.121. The molecule has 0 amide bonds. The van der Waals surface area contributed by atoms with Gasteiger partial charge in [0.05, 0.1) is 11.0 Å². The fraction of sp³-hybridized carbons (Fsp3) is 0.154. The number of nitrogens with one attached hydrogen (secondary N) is 2. The quantitative estimate of drug-likeness (QED) is 0.600. The van der Waals surface area contributed by atoms with Crippen molar-refractivity contribution in [1.29, 1.82) is 5.26 Å². The number of hydrogen-bond acceptors (Lipinski definition) is 7. The van der Waals surface area contributed by atoms with E-state index in [9.17, 15) is 5.11 Å². The average molecular weight is 296 g/mol. The van der Waals surface area contributed by atoms with Gasteiger partial charge in [-0.3, -0.25) is 0 Å². The van der Waals surface area contributed by atoms with Crippen LogP contribution in [-0.4, -0.2) is 35.3 Å². The average Bonchev–Trinajstić information content (AvgIpc) is 3.16. The number of H-pyrrole nitrogens is 1. The van der Waals surface area contributed by atoms with Crippen molar-refractivity contribution >= 4 is 22.3 Å². The smallest absolute Gasteiger partial charge is 0.216 e. The van der Waals surface area contributed by atoms with Gasteiger partial charge in [-0.1, -0.05) is 0 Å². The maximum absolute atomic E-state index is 9.24. The Morgan fingerprint density at radius 3 is 3.09 bits per heavy atom. The lowest BCUT2D eigenvalue weighted by atomic mass is 10.2. The lowest BCUT2D eigenvalue weighted by Gasteiger charge is -2.02. The molecule has 0 radical (unpaired) electrons. The van der Waals surface area contributed by atoms with Crippen LogP contribution in [0.25, 0.3) is 16.6 Å². The van der Waals surface area contributed by atoms with Gasteiger partial charge in [-0.25, -0.2) is 4.98 Å². The van der Waals surface area contributed by atoms with Gasteiger partial charge >= 0.3 is 0 Å². The van der Waals surface area contributed by atoms with E-state index in [2.05, 4.69) is 30.9 Å². The van der Waals surface area contributed by atoms with Crippen LogP contribution in [0.2, 0.25) is 0 Å². The van der Waals surface area contributed by atoms with Gasteiger partial charge < -0.3 is 15.0 Å². The summed E-state index contributed by atoms with van der Waals surface area (Å²) in [7, 11) is 1.85. The molecule has 0 spiro atoms. The summed E-state index contributed by atoms with van der Waals surface area (Å²) in [6.45, 7) is -0.121. The zero-order chi connectivity index (χ0) is 15.5. The van der Waals surface area contributed by atoms with E-state index in [0.29, 0.717) is 5.82 Å². The number of tetrazole rings is 1. The predicted octanol–water partition coefficient (Wildman–Crippen LogP) is 0.555. The van der Waals surface area contributed by atoms with E-state index in [1.807, 2.05) is 35.9 Å². The molecule has 0 fully saturated rings. The number of nitrogens with zero attached hydrogens (tertiary/aromatic N) is 6. The van der Waals surface area contributed by atoms with Gasteiger partial charge in [0.1, 0.15) is 24.1 Å². The number of hydrogen-bond donors (Lipinski definition) is 3. The second kappa shape index (κ2) is 5.63. The number of aromatic nitrogens is 6. The summed E-state index contributed by atoms with van der Waals surface area (Å²) in [5.74, 6) is 0.809. The minimum Gasteiger partial charge on any atom is -0.388 e. The lowest BCUT2D eigenvalue weighted by Crippen LogP contribution is -1.96. The number of allylic oxidation sites excluding steroid dienone is 1. The zero-order valence-electron chi connectivity index (χ0n) is 11.6. The molecule has 110 valence electrons. The van der Waals surface area contributed by atoms with Crippen molar-refractivity contribution in [2.24, 2.45) is 7.05 Å². The third-order valence-corrected chi connectivity index (χ3v) is 3.20. The summed E-state index contributed by atoms with van der Waals surface area (Å²) in [4.78, 5) is 4.34. The van der Waals surface area contributed by atoms with Crippen LogP contribution in [0.1, 0.15) is 11.6 Å². The van der Waals surface area contributed by atoms with Gasteiger partial charge in [0, 0.05) is 18.9 Å². The number of benzene rings is 1. The summed E-state index contributed by atoms with van der Waals surface area (Å²) in [6.07, 6.45) is 1.50. The van der Waals surface area contributed by atoms with Crippen LogP contribution in [0.4, 0.5) is 5.69 Å². The first-order chi connectivity index (χ1) is 10.7. The topological polar surface area (TPSA) is 128 Å². The SMILES string of the molecule is Cn1c(CO)nc2cc(NC=C(C#N)c3nn[nH]n3)ccc21. The molecular weight excluding hydrogens is 284 g/mol. The standard InChI is InChI=1S/C13H12N8O/c1-21-11-3-2-9(4-10(11)16-12(21)7-22)15-6-8(5-14)13-17-19-20-18-13/h2-4,6,15,22H,7H2,1H3,(H,17,18,19,20). The summed E-state index contributed by atoms with van der Waals surface area (Å²) >= 11 is 0. The summed E-state index contributed by atoms with van der Waals surface area (Å²) in [6, 6.07) is 7.57. The molecule has 0 aliphatic rings. The van der Waals surface area contributed by atoms with Crippen LogP contribution in [-0.2, 0) is 13.7 Å². The minimum atomic E-state index is -0.121. The van der Waals surface area contributed by atoms with Crippen LogP contribution in [0.3, 0.4) is 0 Å².